The van der Waals surface area contributed by atoms with E-state index in [0.717, 1.165) is 68.3 Å². The van der Waals surface area contributed by atoms with Crippen molar-refractivity contribution in [2.24, 2.45) is 0 Å². The average Bonchev–Trinajstić information content (AvgIpc) is 2.97. The van der Waals surface area contributed by atoms with Crippen LogP contribution in [0.15, 0.2) is 18.2 Å². The highest BCUT2D eigenvalue weighted by atomic mass is 16.5. The number of ether oxygens (including phenoxy) is 1. The van der Waals surface area contributed by atoms with Gasteiger partial charge in [-0.25, -0.2) is 4.98 Å². The van der Waals surface area contributed by atoms with Crippen molar-refractivity contribution >= 4 is 23.0 Å². The molecule has 3 N–H and O–H groups in total. The van der Waals surface area contributed by atoms with Gasteiger partial charge in [0.15, 0.2) is 0 Å². The molecule has 3 heterocycles. The van der Waals surface area contributed by atoms with Gasteiger partial charge in [-0.1, -0.05) is 6.08 Å². The van der Waals surface area contributed by atoms with Gasteiger partial charge in [-0.15, -0.1) is 0 Å². The molecule has 4 rings (SSSR count). The first kappa shape index (κ1) is 18.7. The smallest absolute Gasteiger partial charge is 0.229 e. The zero-order valence-corrected chi connectivity index (χ0v) is 17.0. The summed E-state index contributed by atoms with van der Waals surface area (Å²) in [5.41, 5.74) is 7.10. The molecule has 2 aliphatic rings. The molecule has 0 unspecified atom stereocenters. The Bertz CT molecular complexity index is 906. The number of nitrogens with zero attached hydrogens (tertiary/aromatic N) is 2. The fourth-order valence-corrected chi connectivity index (χ4v) is 4.02. The zero-order chi connectivity index (χ0) is 19.5. The molecule has 0 bridgehead atoms. The Morgan fingerprint density at radius 3 is 2.86 bits per heavy atom. The van der Waals surface area contributed by atoms with Crippen LogP contribution in [0.1, 0.15) is 41.6 Å². The molecule has 6 nitrogen and oxygen atoms in total. The first-order valence-electron chi connectivity index (χ1n) is 10.2. The van der Waals surface area contributed by atoms with Gasteiger partial charge >= 0.3 is 0 Å². The van der Waals surface area contributed by atoms with Gasteiger partial charge in [0.25, 0.3) is 0 Å². The van der Waals surface area contributed by atoms with Gasteiger partial charge in [0, 0.05) is 36.6 Å². The number of allylic oxidation sites excluding steroid dienone is 1. The van der Waals surface area contributed by atoms with E-state index in [1.807, 2.05) is 20.0 Å². The Kier molecular flexibility index (Phi) is 5.48. The molecule has 2 aliphatic heterocycles. The minimum absolute atomic E-state index is 0.617. The second-order valence-corrected chi connectivity index (χ2v) is 7.49. The number of aryl methyl sites for hydroxylation is 2. The summed E-state index contributed by atoms with van der Waals surface area (Å²) < 4.78 is 6.16. The number of fused-ring (bicyclic) bond motifs is 1. The van der Waals surface area contributed by atoms with Gasteiger partial charge in [0.2, 0.25) is 5.95 Å². The van der Waals surface area contributed by atoms with Gasteiger partial charge in [-0.2, -0.15) is 4.98 Å². The normalized spacial score (nSPS) is 16.5. The number of hydrogen-bond acceptors (Lipinski definition) is 6. The Labute approximate surface area is 166 Å². The van der Waals surface area contributed by atoms with Crippen LogP contribution in [0.5, 0.6) is 5.75 Å². The van der Waals surface area contributed by atoms with Crippen LogP contribution in [0.25, 0.3) is 5.57 Å². The molecule has 1 aromatic heterocycles. The van der Waals surface area contributed by atoms with Gasteiger partial charge in [0.1, 0.15) is 11.6 Å². The fraction of sp³-hybridized carbons (Fsp3) is 0.455. The largest absolute Gasteiger partial charge is 0.493 e. The molecule has 6 heteroatoms. The summed E-state index contributed by atoms with van der Waals surface area (Å²) in [6, 6.07) is 4.15. The highest BCUT2D eigenvalue weighted by Crippen LogP contribution is 2.42. The molecule has 0 aliphatic carbocycles. The fourth-order valence-electron chi connectivity index (χ4n) is 4.02. The first-order chi connectivity index (χ1) is 13.7. The van der Waals surface area contributed by atoms with Gasteiger partial charge in [-0.3, -0.25) is 0 Å². The lowest BCUT2D eigenvalue weighted by Crippen LogP contribution is -2.13. The molecule has 148 valence electrons. The number of aromatic nitrogens is 2. The number of benzene rings is 1. The molecule has 0 spiro atoms. The van der Waals surface area contributed by atoms with E-state index in [1.54, 1.807) is 0 Å². The van der Waals surface area contributed by atoms with Crippen LogP contribution < -0.4 is 20.7 Å². The van der Waals surface area contributed by atoms with E-state index < -0.39 is 0 Å². The van der Waals surface area contributed by atoms with Crippen molar-refractivity contribution in [3.05, 3.63) is 40.6 Å². The van der Waals surface area contributed by atoms with Crippen molar-refractivity contribution < 1.29 is 4.74 Å². The van der Waals surface area contributed by atoms with Crippen molar-refractivity contribution in [1.82, 2.24) is 15.3 Å². The van der Waals surface area contributed by atoms with Crippen molar-refractivity contribution in [3.8, 4) is 5.75 Å². The molecule has 2 aromatic rings. The SMILES string of the molecule is CNc1cc(C)nc(Nc2cc3c(c(C4=CCNCCC4)c2C)OCCC3)n1. The van der Waals surface area contributed by atoms with E-state index >= 15 is 0 Å². The Morgan fingerprint density at radius 1 is 1.11 bits per heavy atom. The topological polar surface area (TPSA) is 71.1 Å². The second kappa shape index (κ2) is 8.19. The van der Waals surface area contributed by atoms with Crippen LogP contribution in [-0.2, 0) is 6.42 Å². The monoisotopic (exact) mass is 379 g/mol. The predicted molar refractivity (Wildman–Crippen MR) is 115 cm³/mol. The van der Waals surface area contributed by atoms with Gasteiger partial charge in [0.05, 0.1) is 6.61 Å². The summed E-state index contributed by atoms with van der Waals surface area (Å²) in [5.74, 6) is 2.50. The molecule has 28 heavy (non-hydrogen) atoms. The molecule has 1 aromatic carbocycles. The summed E-state index contributed by atoms with van der Waals surface area (Å²) in [6.45, 7) is 6.92. The lowest BCUT2D eigenvalue weighted by molar-refractivity contribution is 0.287. The molecule has 0 amide bonds. The average molecular weight is 380 g/mol. The number of anilines is 3. The van der Waals surface area contributed by atoms with E-state index in [4.69, 9.17) is 4.74 Å². The Hall–Kier alpha value is -2.60. The van der Waals surface area contributed by atoms with E-state index in [-0.39, 0.29) is 0 Å². The summed E-state index contributed by atoms with van der Waals surface area (Å²) in [5, 5.41) is 10.0. The highest BCUT2D eigenvalue weighted by molar-refractivity contribution is 5.81. The van der Waals surface area contributed by atoms with E-state index in [1.165, 1.54) is 22.3 Å². The summed E-state index contributed by atoms with van der Waals surface area (Å²) in [7, 11) is 1.87. The zero-order valence-electron chi connectivity index (χ0n) is 17.0. The van der Waals surface area contributed by atoms with Crippen LogP contribution in [-0.4, -0.2) is 36.7 Å². The summed E-state index contributed by atoms with van der Waals surface area (Å²) >= 11 is 0. The van der Waals surface area contributed by atoms with Gasteiger partial charge in [-0.05, 0) is 68.8 Å². The predicted octanol–water partition coefficient (Wildman–Crippen LogP) is 3.97. The van der Waals surface area contributed by atoms with Crippen LogP contribution in [0.4, 0.5) is 17.5 Å². The lowest BCUT2D eigenvalue weighted by atomic mass is 9.90. The number of nitrogens with one attached hydrogen (secondary N) is 3. The van der Waals surface area contributed by atoms with Crippen molar-refractivity contribution in [3.63, 3.8) is 0 Å². The number of rotatable bonds is 4. The third-order valence-electron chi connectivity index (χ3n) is 5.42. The quantitative estimate of drug-likeness (QED) is 0.747. The van der Waals surface area contributed by atoms with Crippen LogP contribution in [0.3, 0.4) is 0 Å². The van der Waals surface area contributed by atoms with E-state index in [2.05, 4.69) is 45.0 Å². The molecule has 0 fully saturated rings. The maximum absolute atomic E-state index is 6.16. The first-order valence-corrected chi connectivity index (χ1v) is 10.2. The molecule has 0 saturated heterocycles. The molecule has 0 radical (unpaired) electrons. The third-order valence-corrected chi connectivity index (χ3v) is 5.42. The minimum atomic E-state index is 0.617. The molecular formula is C22H29N5O. The molecule has 0 saturated carbocycles. The lowest BCUT2D eigenvalue weighted by Gasteiger charge is -2.25. The molecular weight excluding hydrogens is 350 g/mol. The Balaban J connectivity index is 1.79. The maximum atomic E-state index is 6.16. The van der Waals surface area contributed by atoms with Crippen molar-refractivity contribution in [2.45, 2.75) is 39.5 Å². The summed E-state index contributed by atoms with van der Waals surface area (Å²) in [6.07, 6.45) is 6.63. The number of hydrogen-bond donors (Lipinski definition) is 3. The van der Waals surface area contributed by atoms with Crippen LogP contribution >= 0.6 is 0 Å². The maximum Gasteiger partial charge on any atom is 0.229 e. The second-order valence-electron chi connectivity index (χ2n) is 7.49. The molecule has 0 atom stereocenters. The van der Waals surface area contributed by atoms with Crippen molar-refractivity contribution in [2.75, 3.05) is 37.4 Å². The van der Waals surface area contributed by atoms with E-state index in [0.29, 0.717) is 5.95 Å². The minimum Gasteiger partial charge on any atom is -0.493 e. The van der Waals surface area contributed by atoms with E-state index in [9.17, 15) is 0 Å². The van der Waals surface area contributed by atoms with Crippen LogP contribution in [0, 0.1) is 13.8 Å². The van der Waals surface area contributed by atoms with Gasteiger partial charge < -0.3 is 20.7 Å². The highest BCUT2D eigenvalue weighted by Gasteiger charge is 2.23. The van der Waals surface area contributed by atoms with Crippen molar-refractivity contribution in [1.29, 1.82) is 0 Å². The standard InChI is InChI=1S/C22H29N5O/c1-14-12-19(23-3)27-22(25-14)26-18-13-17-7-5-11-28-21(17)20(15(18)2)16-6-4-9-24-10-8-16/h8,12-13,24H,4-7,9-11H2,1-3H3,(H2,23,25,26,27). The third kappa shape index (κ3) is 3.83. The Morgan fingerprint density at radius 2 is 2.00 bits per heavy atom. The van der Waals surface area contributed by atoms with Crippen LogP contribution in [0.2, 0.25) is 0 Å². The summed E-state index contributed by atoms with van der Waals surface area (Å²) in [4.78, 5) is 9.14.